The molecule has 0 aliphatic carbocycles. The third-order valence-electron chi connectivity index (χ3n) is 2.08. The summed E-state index contributed by atoms with van der Waals surface area (Å²) in [5, 5.41) is 6.70. The van der Waals surface area contributed by atoms with Crippen LogP contribution in [0, 0.1) is 0 Å². The lowest BCUT2D eigenvalue weighted by Gasteiger charge is -2.15. The molecular weight excluding hydrogens is 190 g/mol. The van der Waals surface area contributed by atoms with E-state index in [1.54, 1.807) is 0 Å². The second-order valence-corrected chi connectivity index (χ2v) is 10.6. The fourth-order valence-electron chi connectivity index (χ4n) is 1.27. The van der Waals surface area contributed by atoms with Crippen LogP contribution < -0.4 is 16.4 Å². The van der Waals surface area contributed by atoms with Crippen molar-refractivity contribution in [3.63, 3.8) is 0 Å². The Bertz CT molecular complexity index is 123. The van der Waals surface area contributed by atoms with Crippen LogP contribution in [-0.2, 0) is 0 Å². The van der Waals surface area contributed by atoms with Crippen LogP contribution in [0.15, 0.2) is 0 Å². The fourth-order valence-corrected chi connectivity index (χ4v) is 2.51. The van der Waals surface area contributed by atoms with Crippen LogP contribution in [0.5, 0.6) is 0 Å². The first-order valence-corrected chi connectivity index (χ1v) is 9.38. The molecule has 0 fully saturated rings. The van der Waals surface area contributed by atoms with E-state index in [1.165, 1.54) is 12.5 Å². The van der Waals surface area contributed by atoms with E-state index in [0.717, 1.165) is 32.7 Å². The molecule has 0 aromatic rings. The summed E-state index contributed by atoms with van der Waals surface area (Å²) in [5.74, 6) is 0. The molecule has 0 aromatic carbocycles. The molecule has 0 unspecified atom stereocenters. The van der Waals surface area contributed by atoms with Crippen LogP contribution in [-0.4, -0.2) is 40.8 Å². The number of hydrogen-bond acceptors (Lipinski definition) is 3. The smallest absolute Gasteiger partial charge is 0.0443 e. The molecule has 0 aromatic heterocycles. The highest BCUT2D eigenvalue weighted by Crippen LogP contribution is 2.09. The van der Waals surface area contributed by atoms with E-state index in [0.29, 0.717) is 0 Å². The molecule has 0 aliphatic rings. The van der Waals surface area contributed by atoms with Crippen molar-refractivity contribution in [1.82, 2.24) is 10.6 Å². The molecule has 3 nitrogen and oxygen atoms in total. The van der Waals surface area contributed by atoms with Gasteiger partial charge in [-0.15, -0.1) is 0 Å². The fraction of sp³-hybridized carbons (Fsp3) is 1.00. The quantitative estimate of drug-likeness (QED) is 0.396. The van der Waals surface area contributed by atoms with Crippen molar-refractivity contribution in [2.24, 2.45) is 5.73 Å². The summed E-state index contributed by atoms with van der Waals surface area (Å²) in [5.41, 5.74) is 5.36. The van der Waals surface area contributed by atoms with Crippen molar-refractivity contribution >= 4 is 8.07 Å². The Balaban J connectivity index is 2.99. The maximum Gasteiger partial charge on any atom is 0.0443 e. The van der Waals surface area contributed by atoms with Crippen LogP contribution >= 0.6 is 0 Å². The molecule has 86 valence electrons. The largest absolute Gasteiger partial charge is 0.329 e. The van der Waals surface area contributed by atoms with E-state index in [4.69, 9.17) is 5.73 Å². The summed E-state index contributed by atoms with van der Waals surface area (Å²) >= 11 is 0. The number of nitrogens with one attached hydrogen (secondary N) is 2. The summed E-state index contributed by atoms with van der Waals surface area (Å²) in [7, 11) is -0.811. The molecule has 0 amide bonds. The highest BCUT2D eigenvalue weighted by molar-refractivity contribution is 6.76. The minimum absolute atomic E-state index is 0.732. The predicted molar refractivity (Wildman–Crippen MR) is 67.6 cm³/mol. The first kappa shape index (κ1) is 14.1. The van der Waals surface area contributed by atoms with E-state index in [-0.39, 0.29) is 0 Å². The summed E-state index contributed by atoms with van der Waals surface area (Å²) in [6, 6.07) is 1.43. The molecule has 14 heavy (non-hydrogen) atoms. The van der Waals surface area contributed by atoms with Crippen LogP contribution in [0.2, 0.25) is 25.7 Å². The Kier molecular flexibility index (Phi) is 8.47. The van der Waals surface area contributed by atoms with Crippen LogP contribution in [0.25, 0.3) is 0 Å². The third kappa shape index (κ3) is 12.1. The molecule has 0 saturated carbocycles. The molecule has 0 bridgehead atoms. The van der Waals surface area contributed by atoms with Gasteiger partial charge in [-0.2, -0.15) is 0 Å². The van der Waals surface area contributed by atoms with Crippen molar-refractivity contribution in [1.29, 1.82) is 0 Å². The molecule has 0 rings (SSSR count). The number of hydrogen-bond donors (Lipinski definition) is 3. The maximum atomic E-state index is 5.36. The van der Waals surface area contributed by atoms with Crippen molar-refractivity contribution in [3.8, 4) is 0 Å². The van der Waals surface area contributed by atoms with Crippen LogP contribution in [0.4, 0.5) is 0 Å². The molecule has 0 aliphatic heterocycles. The van der Waals surface area contributed by atoms with Gasteiger partial charge in [0.25, 0.3) is 0 Å². The minimum atomic E-state index is -0.811. The third-order valence-corrected chi connectivity index (χ3v) is 3.93. The van der Waals surface area contributed by atoms with Crippen molar-refractivity contribution in [3.05, 3.63) is 0 Å². The van der Waals surface area contributed by atoms with Gasteiger partial charge in [0, 0.05) is 34.3 Å². The zero-order valence-electron chi connectivity index (χ0n) is 10.0. The lowest BCUT2D eigenvalue weighted by molar-refractivity contribution is 0.609. The van der Waals surface area contributed by atoms with Crippen molar-refractivity contribution < 1.29 is 0 Å². The Morgan fingerprint density at radius 1 is 0.929 bits per heavy atom. The monoisotopic (exact) mass is 217 g/mol. The predicted octanol–water partition coefficient (Wildman–Crippen LogP) is 0.853. The van der Waals surface area contributed by atoms with Gasteiger partial charge in [0.1, 0.15) is 0 Å². The van der Waals surface area contributed by atoms with Gasteiger partial charge in [-0.3, -0.25) is 0 Å². The first-order chi connectivity index (χ1) is 6.56. The zero-order valence-corrected chi connectivity index (χ0v) is 11.0. The SMILES string of the molecule is C[Si](C)(C)CCCNCCNCCN. The normalized spacial score (nSPS) is 12.0. The molecule has 0 heterocycles. The second-order valence-electron chi connectivity index (χ2n) is 4.95. The Morgan fingerprint density at radius 3 is 2.00 bits per heavy atom. The van der Waals surface area contributed by atoms with Crippen molar-refractivity contribution in [2.45, 2.75) is 32.1 Å². The average Bonchev–Trinajstić information content (AvgIpc) is 2.08. The Labute approximate surface area is 89.8 Å². The van der Waals surface area contributed by atoms with Crippen molar-refractivity contribution in [2.75, 3.05) is 32.7 Å². The molecular formula is C10H27N3Si. The Hall–Kier alpha value is 0.0969. The summed E-state index contributed by atoms with van der Waals surface area (Å²) in [4.78, 5) is 0. The second kappa shape index (κ2) is 8.41. The van der Waals surface area contributed by atoms with Gasteiger partial charge in [-0.25, -0.2) is 0 Å². The maximum absolute atomic E-state index is 5.36. The molecule has 0 saturated heterocycles. The van der Waals surface area contributed by atoms with Gasteiger partial charge in [0.2, 0.25) is 0 Å². The van der Waals surface area contributed by atoms with E-state index < -0.39 is 8.07 Å². The topological polar surface area (TPSA) is 50.1 Å². The summed E-state index contributed by atoms with van der Waals surface area (Å²) in [6.07, 6.45) is 1.33. The average molecular weight is 217 g/mol. The highest BCUT2D eigenvalue weighted by atomic mass is 28.3. The van der Waals surface area contributed by atoms with Crippen LogP contribution in [0.3, 0.4) is 0 Å². The lowest BCUT2D eigenvalue weighted by Crippen LogP contribution is -2.31. The van der Waals surface area contributed by atoms with Gasteiger partial charge < -0.3 is 16.4 Å². The molecule has 0 spiro atoms. The standard InChI is InChI=1S/C10H27N3Si/c1-14(2,3)10-4-6-12-8-9-13-7-5-11/h12-13H,4-11H2,1-3H3. The van der Waals surface area contributed by atoms with Gasteiger partial charge in [0.15, 0.2) is 0 Å². The number of nitrogens with two attached hydrogens (primary N) is 1. The highest BCUT2D eigenvalue weighted by Gasteiger charge is 2.10. The van der Waals surface area contributed by atoms with Gasteiger partial charge in [0.05, 0.1) is 0 Å². The molecule has 4 N–H and O–H groups in total. The van der Waals surface area contributed by atoms with Gasteiger partial charge >= 0.3 is 0 Å². The van der Waals surface area contributed by atoms with Gasteiger partial charge in [-0.05, 0) is 13.0 Å². The molecule has 0 atom stereocenters. The van der Waals surface area contributed by atoms with E-state index in [9.17, 15) is 0 Å². The summed E-state index contributed by atoms with van der Waals surface area (Å²) in [6.45, 7) is 12.2. The molecule has 0 radical (unpaired) electrons. The van der Waals surface area contributed by atoms with E-state index in [2.05, 4.69) is 30.3 Å². The van der Waals surface area contributed by atoms with E-state index in [1.807, 2.05) is 0 Å². The molecule has 4 heteroatoms. The lowest BCUT2D eigenvalue weighted by atomic mass is 10.4. The Morgan fingerprint density at radius 2 is 1.50 bits per heavy atom. The first-order valence-electron chi connectivity index (χ1n) is 5.68. The number of rotatable bonds is 9. The summed E-state index contributed by atoms with van der Waals surface area (Å²) < 4.78 is 0. The van der Waals surface area contributed by atoms with Gasteiger partial charge in [-0.1, -0.05) is 25.7 Å². The minimum Gasteiger partial charge on any atom is -0.329 e. The zero-order chi connectivity index (χ0) is 10.9. The van der Waals surface area contributed by atoms with Crippen LogP contribution in [0.1, 0.15) is 6.42 Å². The van der Waals surface area contributed by atoms with E-state index >= 15 is 0 Å².